The first-order valence-corrected chi connectivity index (χ1v) is 10.5. The van der Waals surface area contributed by atoms with E-state index in [1.807, 2.05) is 4.90 Å². The molecule has 1 aliphatic rings. The van der Waals surface area contributed by atoms with Gasteiger partial charge in [0.05, 0.1) is 11.5 Å². The summed E-state index contributed by atoms with van der Waals surface area (Å²) in [5, 5.41) is 2.48. The minimum Gasteiger partial charge on any atom is -0.489 e. The molecule has 0 unspecified atom stereocenters. The third-order valence-corrected chi connectivity index (χ3v) is 5.34. The maximum atomic E-state index is 14.4. The van der Waals surface area contributed by atoms with Crippen LogP contribution < -0.4 is 10.1 Å². The van der Waals surface area contributed by atoms with Crippen LogP contribution in [0.2, 0.25) is 0 Å². The lowest BCUT2D eigenvalue weighted by molar-refractivity contribution is -0.138. The molecule has 1 heterocycles. The Morgan fingerprint density at radius 1 is 1.06 bits per heavy atom. The van der Waals surface area contributed by atoms with E-state index in [-0.39, 0.29) is 43.7 Å². The fourth-order valence-corrected chi connectivity index (χ4v) is 3.50. The van der Waals surface area contributed by atoms with Gasteiger partial charge in [-0.3, -0.25) is 9.69 Å². The number of benzene rings is 2. The van der Waals surface area contributed by atoms with Gasteiger partial charge in [-0.25, -0.2) is 4.39 Å². The first-order valence-electron chi connectivity index (χ1n) is 10.5. The second-order valence-electron chi connectivity index (χ2n) is 8.14. The maximum absolute atomic E-state index is 14.4. The molecule has 0 saturated carbocycles. The van der Waals surface area contributed by atoms with Crippen molar-refractivity contribution in [1.82, 2.24) is 10.2 Å². The monoisotopic (exact) mass is 492 g/mol. The van der Waals surface area contributed by atoms with Crippen LogP contribution in [0.5, 0.6) is 5.75 Å². The molecular weight excluding hydrogens is 469 g/mol. The summed E-state index contributed by atoms with van der Waals surface area (Å²) >= 11 is 0. The van der Waals surface area contributed by atoms with Gasteiger partial charge in [0.2, 0.25) is 5.91 Å². The standard InChI is InChI=1S/C23H23F7N2O2/c24-20-10-19(34-14-15-3-1-4-18(9-15)23(28,29)30)6-5-16(20)11-32-12-17(13-32)21(33)31-8-2-7-22(25,26)27/h1,3-6,9-10,17H,2,7-8,11-14H2,(H,31,33). The van der Waals surface area contributed by atoms with Crippen LogP contribution in [0.1, 0.15) is 29.5 Å². The van der Waals surface area contributed by atoms with E-state index < -0.39 is 30.2 Å². The lowest BCUT2D eigenvalue weighted by atomic mass is 9.98. The maximum Gasteiger partial charge on any atom is 0.416 e. The van der Waals surface area contributed by atoms with E-state index in [1.54, 1.807) is 0 Å². The summed E-state index contributed by atoms with van der Waals surface area (Å²) in [4.78, 5) is 13.8. The summed E-state index contributed by atoms with van der Waals surface area (Å²) in [6, 6.07) is 8.83. The second kappa shape index (κ2) is 10.6. The third-order valence-electron chi connectivity index (χ3n) is 5.34. The number of likely N-dealkylation sites (tertiary alicyclic amines) is 1. The van der Waals surface area contributed by atoms with Gasteiger partial charge in [0.1, 0.15) is 18.2 Å². The Kier molecular flexibility index (Phi) is 8.06. The molecule has 0 spiro atoms. The van der Waals surface area contributed by atoms with Crippen molar-refractivity contribution < 1.29 is 40.3 Å². The molecule has 4 nitrogen and oxygen atoms in total. The highest BCUT2D eigenvalue weighted by atomic mass is 19.4. The molecule has 1 saturated heterocycles. The van der Waals surface area contributed by atoms with E-state index in [4.69, 9.17) is 4.74 Å². The Morgan fingerprint density at radius 3 is 2.44 bits per heavy atom. The molecule has 1 amide bonds. The van der Waals surface area contributed by atoms with Crippen LogP contribution >= 0.6 is 0 Å². The molecule has 2 aromatic carbocycles. The highest BCUT2D eigenvalue weighted by Gasteiger charge is 2.33. The summed E-state index contributed by atoms with van der Waals surface area (Å²) in [5.74, 6) is -1.07. The minimum atomic E-state index is -4.46. The van der Waals surface area contributed by atoms with Gasteiger partial charge in [0.25, 0.3) is 0 Å². The molecule has 2 aromatic rings. The van der Waals surface area contributed by atoms with Crippen LogP contribution in [0.3, 0.4) is 0 Å². The SMILES string of the molecule is O=C(NCCCC(F)(F)F)C1CN(Cc2ccc(OCc3cccc(C(F)(F)F)c3)cc2F)C1. The van der Waals surface area contributed by atoms with Crippen molar-refractivity contribution in [3.8, 4) is 5.75 Å². The number of halogens is 7. The van der Waals surface area contributed by atoms with E-state index in [0.717, 1.165) is 18.2 Å². The quantitative estimate of drug-likeness (QED) is 0.381. The number of hydrogen-bond acceptors (Lipinski definition) is 3. The highest BCUT2D eigenvalue weighted by Crippen LogP contribution is 2.30. The predicted molar refractivity (Wildman–Crippen MR) is 109 cm³/mol. The number of hydrogen-bond donors (Lipinski definition) is 1. The van der Waals surface area contributed by atoms with Crippen molar-refractivity contribution in [2.75, 3.05) is 19.6 Å². The van der Waals surface area contributed by atoms with Crippen molar-refractivity contribution >= 4 is 5.91 Å². The number of nitrogens with one attached hydrogen (secondary N) is 1. The number of carbonyl (C=O) groups is 1. The molecule has 0 bridgehead atoms. The molecule has 0 aromatic heterocycles. The van der Waals surface area contributed by atoms with Crippen LogP contribution in [0, 0.1) is 11.7 Å². The number of carbonyl (C=O) groups excluding carboxylic acids is 1. The molecule has 0 atom stereocenters. The summed E-state index contributed by atoms with van der Waals surface area (Å²) in [6.45, 7) is 0.744. The summed E-state index contributed by atoms with van der Waals surface area (Å²) in [7, 11) is 0. The van der Waals surface area contributed by atoms with Crippen LogP contribution in [0.15, 0.2) is 42.5 Å². The van der Waals surface area contributed by atoms with Crippen molar-refractivity contribution in [3.63, 3.8) is 0 Å². The van der Waals surface area contributed by atoms with Crippen LogP contribution in [-0.4, -0.2) is 36.6 Å². The number of amides is 1. The van der Waals surface area contributed by atoms with Gasteiger partial charge in [-0.1, -0.05) is 18.2 Å². The van der Waals surface area contributed by atoms with Crippen LogP contribution in [0.25, 0.3) is 0 Å². The number of rotatable bonds is 9. The van der Waals surface area contributed by atoms with Gasteiger partial charge in [0, 0.05) is 44.2 Å². The van der Waals surface area contributed by atoms with Gasteiger partial charge >= 0.3 is 12.4 Å². The molecule has 11 heteroatoms. The second-order valence-corrected chi connectivity index (χ2v) is 8.14. The Hall–Kier alpha value is -2.82. The largest absolute Gasteiger partial charge is 0.489 e. The molecule has 1 aliphatic heterocycles. The van der Waals surface area contributed by atoms with E-state index in [9.17, 15) is 35.5 Å². The van der Waals surface area contributed by atoms with E-state index >= 15 is 0 Å². The first kappa shape index (κ1) is 25.8. The number of alkyl halides is 6. The van der Waals surface area contributed by atoms with E-state index in [0.29, 0.717) is 24.2 Å². The predicted octanol–water partition coefficient (Wildman–Crippen LogP) is 5.31. The van der Waals surface area contributed by atoms with Gasteiger partial charge in [-0.05, 0) is 30.2 Å². The molecule has 186 valence electrons. The van der Waals surface area contributed by atoms with Gasteiger partial charge < -0.3 is 10.1 Å². The zero-order chi connectivity index (χ0) is 24.9. The number of nitrogens with zero attached hydrogens (tertiary/aromatic N) is 1. The fourth-order valence-electron chi connectivity index (χ4n) is 3.50. The molecular formula is C23H23F7N2O2. The fraction of sp³-hybridized carbons (Fsp3) is 0.435. The minimum absolute atomic E-state index is 0.0502. The first-order chi connectivity index (χ1) is 15.9. The van der Waals surface area contributed by atoms with Crippen LogP contribution in [0.4, 0.5) is 30.7 Å². The van der Waals surface area contributed by atoms with E-state index in [2.05, 4.69) is 5.32 Å². The van der Waals surface area contributed by atoms with Gasteiger partial charge in [-0.15, -0.1) is 0 Å². The summed E-state index contributed by atoms with van der Waals surface area (Å²) in [6.07, 6.45) is -9.85. The average Bonchev–Trinajstić information content (AvgIpc) is 2.72. The average molecular weight is 492 g/mol. The van der Waals surface area contributed by atoms with E-state index in [1.165, 1.54) is 24.3 Å². The van der Waals surface area contributed by atoms with Crippen molar-refractivity contribution in [1.29, 1.82) is 0 Å². The summed E-state index contributed by atoms with van der Waals surface area (Å²) in [5.41, 5.74) is -0.143. The molecule has 1 N–H and O–H groups in total. The van der Waals surface area contributed by atoms with Gasteiger partial charge in [-0.2, -0.15) is 26.3 Å². The summed E-state index contributed by atoms with van der Waals surface area (Å²) < 4.78 is 94.6. The number of ether oxygens (including phenoxy) is 1. The Labute approximate surface area is 191 Å². The Bertz CT molecular complexity index is 986. The smallest absolute Gasteiger partial charge is 0.416 e. The molecule has 0 radical (unpaired) electrons. The van der Waals surface area contributed by atoms with Crippen LogP contribution in [-0.2, 0) is 24.1 Å². The van der Waals surface area contributed by atoms with Crippen molar-refractivity contribution in [2.24, 2.45) is 5.92 Å². The van der Waals surface area contributed by atoms with Crippen molar-refractivity contribution in [3.05, 3.63) is 65.0 Å². The van der Waals surface area contributed by atoms with Crippen molar-refractivity contribution in [2.45, 2.75) is 38.3 Å². The Morgan fingerprint density at radius 2 is 1.79 bits per heavy atom. The van der Waals surface area contributed by atoms with Gasteiger partial charge in [0.15, 0.2) is 0 Å². The Balaban J connectivity index is 1.43. The topological polar surface area (TPSA) is 41.6 Å². The lowest BCUT2D eigenvalue weighted by Crippen LogP contribution is -2.53. The zero-order valence-corrected chi connectivity index (χ0v) is 18.0. The normalized spacial score (nSPS) is 15.1. The molecule has 0 aliphatic carbocycles. The molecule has 34 heavy (non-hydrogen) atoms. The highest BCUT2D eigenvalue weighted by molar-refractivity contribution is 5.79. The lowest BCUT2D eigenvalue weighted by Gasteiger charge is -2.38. The molecule has 3 rings (SSSR count). The molecule has 1 fully saturated rings. The zero-order valence-electron chi connectivity index (χ0n) is 18.0. The third kappa shape index (κ3) is 7.61.